The van der Waals surface area contributed by atoms with Crippen molar-refractivity contribution in [2.45, 2.75) is 17.4 Å². The molecule has 1 aromatic heterocycles. The van der Waals surface area contributed by atoms with Crippen molar-refractivity contribution in [1.82, 2.24) is 9.29 Å². The van der Waals surface area contributed by atoms with E-state index in [2.05, 4.69) is 10.3 Å². The predicted octanol–water partition coefficient (Wildman–Crippen LogP) is 3.84. The van der Waals surface area contributed by atoms with E-state index in [9.17, 15) is 17.9 Å². The van der Waals surface area contributed by atoms with Crippen molar-refractivity contribution in [2.24, 2.45) is 5.92 Å². The highest BCUT2D eigenvalue weighted by atomic mass is 32.3. The molecule has 1 aliphatic heterocycles. The molecular weight excluding hydrogens is 433 g/mol. The highest BCUT2D eigenvalue weighted by Crippen LogP contribution is 2.41. The van der Waals surface area contributed by atoms with E-state index in [1.807, 2.05) is 0 Å². The molecule has 1 N–H and O–H groups in total. The minimum Gasteiger partial charge on any atom is -0.593 e. The molecule has 2 aromatic carbocycles. The van der Waals surface area contributed by atoms with E-state index in [1.54, 1.807) is 42.5 Å². The molecule has 0 radical (unpaired) electrons. The number of pyridine rings is 1. The number of carbonyl (C=O) groups is 1. The lowest BCUT2D eigenvalue weighted by Crippen LogP contribution is -2.37. The van der Waals surface area contributed by atoms with E-state index in [4.69, 9.17) is 4.74 Å². The van der Waals surface area contributed by atoms with Gasteiger partial charge in [-0.15, -0.1) is 4.31 Å². The van der Waals surface area contributed by atoms with Crippen LogP contribution in [-0.4, -0.2) is 33.4 Å². The number of anilines is 1. The topological polar surface area (TPSA) is 94.6 Å². The van der Waals surface area contributed by atoms with Gasteiger partial charge in [-0.05, 0) is 48.4 Å². The van der Waals surface area contributed by atoms with E-state index >= 15 is 0 Å². The van der Waals surface area contributed by atoms with Crippen molar-refractivity contribution in [2.75, 3.05) is 19.0 Å². The molecule has 0 spiro atoms. The Hall–Kier alpha value is -3.14. The zero-order chi connectivity index (χ0) is 22.7. The van der Waals surface area contributed by atoms with Crippen LogP contribution in [0.3, 0.4) is 0 Å². The largest absolute Gasteiger partial charge is 0.593 e. The second kappa shape index (κ2) is 9.15. The SMILES string of the molecule is COc1cccc(NC(=O)[C@@H]2C[C@@H](c3ccc(F)cc3)N([S+](=O)([O-])c3cccnc3)C2)c1. The summed E-state index contributed by atoms with van der Waals surface area (Å²) in [5.74, 6) is -0.711. The number of ether oxygens (including phenoxy) is 1. The van der Waals surface area contributed by atoms with Crippen LogP contribution in [0.5, 0.6) is 5.75 Å². The third kappa shape index (κ3) is 4.55. The summed E-state index contributed by atoms with van der Waals surface area (Å²) in [6.45, 7) is -0.00489. The van der Waals surface area contributed by atoms with Crippen molar-refractivity contribution in [3.8, 4) is 5.75 Å². The summed E-state index contributed by atoms with van der Waals surface area (Å²) in [6, 6.07) is 15.0. The molecule has 1 saturated heterocycles. The number of halogens is 1. The van der Waals surface area contributed by atoms with Crippen molar-refractivity contribution in [1.29, 1.82) is 0 Å². The third-order valence-corrected chi connectivity index (χ3v) is 7.32. The highest BCUT2D eigenvalue weighted by Gasteiger charge is 2.47. The number of sulfonamides is 1. The van der Waals surface area contributed by atoms with Gasteiger partial charge >= 0.3 is 0 Å². The van der Waals surface area contributed by atoms with E-state index < -0.39 is 28.2 Å². The zero-order valence-corrected chi connectivity index (χ0v) is 18.1. The number of rotatable bonds is 6. The van der Waals surface area contributed by atoms with Crippen LogP contribution < -0.4 is 10.1 Å². The Morgan fingerprint density at radius 3 is 2.69 bits per heavy atom. The maximum absolute atomic E-state index is 13.5. The summed E-state index contributed by atoms with van der Waals surface area (Å²) < 4.78 is 46.7. The Morgan fingerprint density at radius 1 is 1.22 bits per heavy atom. The first kappa shape index (κ1) is 22.1. The van der Waals surface area contributed by atoms with Crippen molar-refractivity contribution in [3.05, 3.63) is 84.4 Å². The molecule has 7 nitrogen and oxygen atoms in total. The fourth-order valence-electron chi connectivity index (χ4n) is 3.83. The van der Waals surface area contributed by atoms with Crippen LogP contribution in [0.2, 0.25) is 0 Å². The molecule has 4 rings (SSSR count). The van der Waals surface area contributed by atoms with Crippen molar-refractivity contribution in [3.63, 3.8) is 0 Å². The monoisotopic (exact) mass is 455 g/mol. The Morgan fingerprint density at radius 2 is 2.00 bits per heavy atom. The lowest BCUT2D eigenvalue weighted by molar-refractivity contribution is -0.119. The fourth-order valence-corrected chi connectivity index (χ4v) is 5.46. The number of benzene rings is 2. The van der Waals surface area contributed by atoms with Gasteiger partial charge in [0.1, 0.15) is 11.6 Å². The first-order chi connectivity index (χ1) is 15.4. The summed E-state index contributed by atoms with van der Waals surface area (Å²) in [7, 11) is -2.38. The van der Waals surface area contributed by atoms with Crippen LogP contribution in [0, 0.1) is 11.7 Å². The van der Waals surface area contributed by atoms with Gasteiger partial charge in [-0.1, -0.05) is 22.4 Å². The molecule has 3 aromatic rings. The van der Waals surface area contributed by atoms with Gasteiger partial charge in [0.05, 0.1) is 31.8 Å². The molecule has 1 unspecified atom stereocenters. The number of nitrogens with zero attached hydrogens (tertiary/aromatic N) is 2. The number of nitrogens with one attached hydrogen (secondary N) is 1. The van der Waals surface area contributed by atoms with Gasteiger partial charge in [-0.25, -0.2) is 4.39 Å². The molecule has 9 heteroatoms. The van der Waals surface area contributed by atoms with Gasteiger partial charge < -0.3 is 14.6 Å². The van der Waals surface area contributed by atoms with Crippen LogP contribution in [-0.2, 0) is 19.4 Å². The molecule has 0 saturated carbocycles. The van der Waals surface area contributed by atoms with Gasteiger partial charge in [0.25, 0.3) is 0 Å². The molecule has 3 atom stereocenters. The van der Waals surface area contributed by atoms with E-state index in [1.165, 1.54) is 42.0 Å². The predicted molar refractivity (Wildman–Crippen MR) is 117 cm³/mol. The summed E-state index contributed by atoms with van der Waals surface area (Å²) in [5, 5.41) is 2.84. The number of carbonyl (C=O) groups excluding carboxylic acids is 1. The Bertz CT molecular complexity index is 1140. The lowest BCUT2D eigenvalue weighted by Gasteiger charge is -2.28. The average molecular weight is 456 g/mol. The number of hydrogen-bond acceptors (Lipinski definition) is 5. The van der Waals surface area contributed by atoms with Gasteiger partial charge in [0.2, 0.25) is 5.91 Å². The van der Waals surface area contributed by atoms with Crippen molar-refractivity contribution >= 4 is 22.0 Å². The molecule has 2 heterocycles. The smallest absolute Gasteiger partial charge is 0.229 e. The van der Waals surface area contributed by atoms with Gasteiger partial charge in [-0.3, -0.25) is 9.78 Å². The summed E-state index contributed by atoms with van der Waals surface area (Å²) >= 11 is 0. The third-order valence-electron chi connectivity index (χ3n) is 5.46. The maximum atomic E-state index is 13.5. The number of methoxy groups -OCH3 is 1. The van der Waals surface area contributed by atoms with Crippen LogP contribution in [0.4, 0.5) is 10.1 Å². The molecular formula is C23H22FN3O4S. The molecule has 166 valence electrons. The van der Waals surface area contributed by atoms with E-state index in [0.29, 0.717) is 17.0 Å². The van der Waals surface area contributed by atoms with Crippen LogP contribution in [0.1, 0.15) is 18.0 Å². The number of aromatic nitrogens is 1. The number of amides is 1. The summed E-state index contributed by atoms with van der Waals surface area (Å²) in [4.78, 5) is 17.0. The maximum Gasteiger partial charge on any atom is 0.229 e. The lowest BCUT2D eigenvalue weighted by atomic mass is 9.99. The molecule has 32 heavy (non-hydrogen) atoms. The van der Waals surface area contributed by atoms with E-state index in [-0.39, 0.29) is 23.8 Å². The Kier molecular flexibility index (Phi) is 6.31. The Balaban J connectivity index is 1.62. The summed E-state index contributed by atoms with van der Waals surface area (Å²) in [6.07, 6.45) is 3.03. The second-order valence-corrected chi connectivity index (χ2v) is 9.38. The van der Waals surface area contributed by atoms with E-state index in [0.717, 1.165) is 0 Å². The standard InChI is InChI=1S/C23H22FN3O4S/c1-31-20-5-2-4-19(13-20)26-23(28)17-12-22(16-7-9-18(24)10-8-16)27(15-17)32(29,30)21-6-3-11-25-14-21/h2-11,13-14,17,22H,12,15H2,1H3,(H-,26,28,29,30)/t17-,22+/m1/s1. The first-order valence-corrected chi connectivity index (χ1v) is 11.4. The minimum absolute atomic E-state index is 0.00489. The van der Waals surface area contributed by atoms with Crippen LogP contribution in [0.15, 0.2) is 78.0 Å². The fraction of sp³-hybridized carbons (Fsp3) is 0.217. The molecule has 0 aliphatic carbocycles. The molecule has 1 aliphatic rings. The molecule has 0 bridgehead atoms. The second-order valence-electron chi connectivity index (χ2n) is 7.48. The Labute approximate surface area is 186 Å². The average Bonchev–Trinajstić information content (AvgIpc) is 3.27. The molecule has 1 amide bonds. The van der Waals surface area contributed by atoms with Gasteiger partial charge in [-0.2, -0.15) is 0 Å². The van der Waals surface area contributed by atoms with Crippen LogP contribution in [0.25, 0.3) is 0 Å². The quantitative estimate of drug-likeness (QED) is 0.570. The zero-order valence-electron chi connectivity index (χ0n) is 17.3. The molecule has 1 fully saturated rings. The summed E-state index contributed by atoms with van der Waals surface area (Å²) in [5.41, 5.74) is 1.18. The highest BCUT2D eigenvalue weighted by molar-refractivity contribution is 7.95. The normalized spacial score (nSPS) is 20.5. The minimum atomic E-state index is -3.92. The van der Waals surface area contributed by atoms with Gasteiger partial charge in [0, 0.05) is 18.0 Å². The van der Waals surface area contributed by atoms with Crippen molar-refractivity contribution < 1.29 is 22.7 Å². The number of hydrogen-bond donors (Lipinski definition) is 1. The van der Waals surface area contributed by atoms with Crippen LogP contribution >= 0.6 is 0 Å². The van der Waals surface area contributed by atoms with Gasteiger partial charge in [0.15, 0.2) is 15.3 Å². The first-order valence-electron chi connectivity index (χ1n) is 10.0.